The summed E-state index contributed by atoms with van der Waals surface area (Å²) in [6.45, 7) is 7.89. The fourth-order valence-electron chi connectivity index (χ4n) is 3.64. The third-order valence-electron chi connectivity index (χ3n) is 5.01. The highest BCUT2D eigenvalue weighted by Gasteiger charge is 2.48. The van der Waals surface area contributed by atoms with E-state index >= 15 is 0 Å². The summed E-state index contributed by atoms with van der Waals surface area (Å²) in [6, 6.07) is 12.6. The average molecular weight is 323 g/mol. The molecule has 2 aliphatic rings. The molecule has 1 aromatic heterocycles. The number of hydrogen-bond acceptors (Lipinski definition) is 3. The molecule has 3 heterocycles. The Morgan fingerprint density at radius 3 is 2.42 bits per heavy atom. The molecule has 0 aliphatic carbocycles. The molecule has 4 nitrogen and oxygen atoms in total. The lowest BCUT2D eigenvalue weighted by molar-refractivity contribution is -0.121. The largest absolute Gasteiger partial charge is 0.371 e. The lowest BCUT2D eigenvalue weighted by Gasteiger charge is -2.39. The van der Waals surface area contributed by atoms with Gasteiger partial charge in [-0.25, -0.2) is 4.98 Å². The second-order valence-corrected chi connectivity index (χ2v) is 6.26. The van der Waals surface area contributed by atoms with Gasteiger partial charge in [0.05, 0.1) is 5.41 Å². The quantitative estimate of drug-likeness (QED) is 0.865. The molecule has 1 saturated heterocycles. The number of rotatable bonds is 1. The number of hydrogen-bond donors (Lipinski definition) is 1. The van der Waals surface area contributed by atoms with Crippen molar-refractivity contribution in [1.82, 2.24) is 4.98 Å². The molecule has 0 bridgehead atoms. The summed E-state index contributed by atoms with van der Waals surface area (Å²) in [6.07, 6.45) is 3.41. The van der Waals surface area contributed by atoms with Crippen LogP contribution in [0.4, 0.5) is 11.5 Å². The summed E-state index contributed by atoms with van der Waals surface area (Å²) in [5, 5.41) is 2.95. The Morgan fingerprint density at radius 1 is 1.08 bits per heavy atom. The number of amides is 1. The van der Waals surface area contributed by atoms with Crippen molar-refractivity contribution in [1.29, 1.82) is 0 Å². The topological polar surface area (TPSA) is 45.2 Å². The van der Waals surface area contributed by atoms with Crippen LogP contribution in [-0.2, 0) is 10.2 Å². The molecule has 0 saturated carbocycles. The van der Waals surface area contributed by atoms with Gasteiger partial charge in [0.15, 0.2) is 0 Å². The summed E-state index contributed by atoms with van der Waals surface area (Å²) in [7, 11) is 0. The van der Waals surface area contributed by atoms with Crippen molar-refractivity contribution < 1.29 is 4.79 Å². The second-order valence-electron chi connectivity index (χ2n) is 6.26. The molecule has 1 spiro atoms. The van der Waals surface area contributed by atoms with Crippen LogP contribution in [0.15, 0.2) is 42.6 Å². The Kier molecular flexibility index (Phi) is 4.56. The summed E-state index contributed by atoms with van der Waals surface area (Å²) in [4.78, 5) is 19.2. The van der Waals surface area contributed by atoms with E-state index in [-0.39, 0.29) is 11.3 Å². The normalized spacial score (nSPS) is 17.8. The van der Waals surface area contributed by atoms with Gasteiger partial charge in [0.1, 0.15) is 5.82 Å². The zero-order valence-corrected chi connectivity index (χ0v) is 14.7. The number of anilines is 2. The zero-order chi connectivity index (χ0) is 17.2. The fourth-order valence-corrected chi connectivity index (χ4v) is 3.64. The van der Waals surface area contributed by atoms with Crippen LogP contribution in [0.3, 0.4) is 0 Å². The molecule has 1 N–H and O–H groups in total. The van der Waals surface area contributed by atoms with Crippen molar-refractivity contribution >= 4 is 17.4 Å². The molecule has 0 atom stereocenters. The summed E-state index contributed by atoms with van der Waals surface area (Å²) in [5.74, 6) is 0.862. The number of fused-ring (bicyclic) bond motifs is 2. The minimum Gasteiger partial charge on any atom is -0.371 e. The molecule has 1 fully saturated rings. The second kappa shape index (κ2) is 6.63. The lowest BCUT2D eigenvalue weighted by atomic mass is 9.74. The minimum atomic E-state index is -0.384. The van der Waals surface area contributed by atoms with Crippen molar-refractivity contribution in [2.45, 2.75) is 39.0 Å². The van der Waals surface area contributed by atoms with Crippen molar-refractivity contribution in [3.05, 3.63) is 53.7 Å². The smallest absolute Gasteiger partial charge is 0.236 e. The maximum absolute atomic E-state index is 12.5. The molecule has 4 rings (SSSR count). The van der Waals surface area contributed by atoms with E-state index in [0.717, 1.165) is 37.3 Å². The van der Waals surface area contributed by atoms with E-state index in [1.165, 1.54) is 11.3 Å². The fraction of sp³-hybridized carbons (Fsp3) is 0.400. The van der Waals surface area contributed by atoms with Crippen molar-refractivity contribution in [2.75, 3.05) is 23.3 Å². The minimum absolute atomic E-state index is 0.116. The number of benzene rings is 1. The van der Waals surface area contributed by atoms with Gasteiger partial charge in [0.2, 0.25) is 5.91 Å². The van der Waals surface area contributed by atoms with Crippen LogP contribution in [0.5, 0.6) is 0 Å². The first-order valence-electron chi connectivity index (χ1n) is 8.78. The molecule has 4 heteroatoms. The molecular formula is C20H25N3O. The van der Waals surface area contributed by atoms with Crippen LogP contribution in [0.2, 0.25) is 0 Å². The van der Waals surface area contributed by atoms with Gasteiger partial charge in [-0.3, -0.25) is 4.79 Å². The predicted molar refractivity (Wildman–Crippen MR) is 98.5 cm³/mol. The molecule has 126 valence electrons. The van der Waals surface area contributed by atoms with Crippen LogP contribution in [-0.4, -0.2) is 24.0 Å². The number of nitrogens with zero attached hydrogens (tertiary/aromatic N) is 2. The predicted octanol–water partition coefficient (Wildman–Crippen LogP) is 3.91. The number of piperidine rings is 1. The van der Waals surface area contributed by atoms with Crippen LogP contribution in [0.1, 0.15) is 37.8 Å². The molecular weight excluding hydrogens is 298 g/mol. The van der Waals surface area contributed by atoms with E-state index in [1.54, 1.807) is 6.20 Å². The first-order chi connectivity index (χ1) is 11.7. The zero-order valence-electron chi connectivity index (χ0n) is 14.7. The number of nitrogens with one attached hydrogen (secondary N) is 1. The van der Waals surface area contributed by atoms with Crippen molar-refractivity contribution in [3.8, 4) is 0 Å². The molecule has 0 unspecified atom stereocenters. The van der Waals surface area contributed by atoms with Crippen LogP contribution >= 0.6 is 0 Å². The lowest BCUT2D eigenvalue weighted by Crippen LogP contribution is -2.46. The number of aryl methyl sites for hydroxylation is 1. The van der Waals surface area contributed by atoms with Crippen molar-refractivity contribution in [3.63, 3.8) is 0 Å². The van der Waals surface area contributed by atoms with E-state index in [4.69, 9.17) is 0 Å². The van der Waals surface area contributed by atoms with Crippen LogP contribution < -0.4 is 10.2 Å². The number of aromatic nitrogens is 1. The molecule has 1 amide bonds. The maximum Gasteiger partial charge on any atom is 0.236 e. The Bertz CT molecular complexity index is 716. The van der Waals surface area contributed by atoms with Gasteiger partial charge in [-0.1, -0.05) is 37.6 Å². The summed E-state index contributed by atoms with van der Waals surface area (Å²) in [5.41, 5.74) is 3.20. The number of carbonyl (C=O) groups excluding carboxylic acids is 1. The first-order valence-corrected chi connectivity index (χ1v) is 8.78. The Morgan fingerprint density at radius 2 is 1.75 bits per heavy atom. The van der Waals surface area contributed by atoms with Crippen molar-refractivity contribution in [2.24, 2.45) is 0 Å². The number of pyridine rings is 1. The van der Waals surface area contributed by atoms with Gasteiger partial charge in [-0.15, -0.1) is 0 Å². The highest BCUT2D eigenvalue weighted by molar-refractivity contribution is 6.05. The molecule has 1 aromatic carbocycles. The first kappa shape index (κ1) is 16.5. The standard InChI is InChI=1S/C18H19N3O.C2H6/c1-13-4-6-14(7-5-13)21-11-8-18(9-12-21)15-3-2-10-19-16(15)20-17(18)22;1-2/h2-7,10H,8-9,11-12H2,1H3,(H,19,20,22);1-2H3. The van der Waals surface area contributed by atoms with Gasteiger partial charge in [0, 0.05) is 30.5 Å². The summed E-state index contributed by atoms with van der Waals surface area (Å²) >= 11 is 0. The van der Waals surface area contributed by atoms with E-state index < -0.39 is 0 Å². The van der Waals surface area contributed by atoms with Gasteiger partial charge < -0.3 is 10.2 Å². The average Bonchev–Trinajstić information content (AvgIpc) is 2.90. The van der Waals surface area contributed by atoms with E-state index in [0.29, 0.717) is 0 Å². The molecule has 2 aromatic rings. The molecule has 0 radical (unpaired) electrons. The van der Waals surface area contributed by atoms with E-state index in [2.05, 4.69) is 46.4 Å². The van der Waals surface area contributed by atoms with Crippen LogP contribution in [0.25, 0.3) is 0 Å². The Balaban J connectivity index is 0.000000815. The maximum atomic E-state index is 12.5. The third kappa shape index (κ3) is 2.66. The highest BCUT2D eigenvalue weighted by atomic mass is 16.2. The number of carbonyl (C=O) groups is 1. The Labute approximate surface area is 143 Å². The summed E-state index contributed by atoms with van der Waals surface area (Å²) < 4.78 is 0. The molecule has 24 heavy (non-hydrogen) atoms. The van der Waals surface area contributed by atoms with Crippen LogP contribution in [0, 0.1) is 6.92 Å². The Hall–Kier alpha value is -2.36. The van der Waals surface area contributed by atoms with E-state index in [1.807, 2.05) is 26.0 Å². The third-order valence-corrected chi connectivity index (χ3v) is 5.01. The molecule has 2 aliphatic heterocycles. The van der Waals surface area contributed by atoms with Gasteiger partial charge >= 0.3 is 0 Å². The SMILES string of the molecule is CC.Cc1ccc(N2CCC3(CC2)C(=O)Nc2ncccc23)cc1. The highest BCUT2D eigenvalue weighted by Crippen LogP contribution is 2.44. The van der Waals surface area contributed by atoms with Gasteiger partial charge in [-0.05, 0) is 38.0 Å². The van der Waals surface area contributed by atoms with E-state index in [9.17, 15) is 4.79 Å². The van der Waals surface area contributed by atoms with Gasteiger partial charge in [0.25, 0.3) is 0 Å². The monoisotopic (exact) mass is 323 g/mol. The van der Waals surface area contributed by atoms with Gasteiger partial charge in [-0.2, -0.15) is 0 Å².